The first-order chi connectivity index (χ1) is 9.73. The molecule has 1 fully saturated rings. The zero-order valence-corrected chi connectivity index (χ0v) is 12.0. The minimum Gasteiger partial charge on any atom is -0.387 e. The molecule has 8 nitrogen and oxygen atoms in total. The number of nitrogens with zero attached hydrogens (tertiary/aromatic N) is 1. The molecule has 2 heterocycles. The van der Waals surface area contributed by atoms with Gasteiger partial charge in [0.1, 0.15) is 6.10 Å². The van der Waals surface area contributed by atoms with Crippen LogP contribution in [-0.4, -0.2) is 43.6 Å². The van der Waals surface area contributed by atoms with E-state index in [1.165, 1.54) is 0 Å². The molecular weight excluding hydrogens is 306 g/mol. The van der Waals surface area contributed by atoms with E-state index in [1.807, 2.05) is 4.98 Å². The molecule has 0 radical (unpaired) electrons. The highest BCUT2D eigenvalue weighted by molar-refractivity contribution is 7.37. The third-order valence-corrected chi connectivity index (χ3v) is 4.07. The molecule has 1 aliphatic heterocycles. The van der Waals surface area contributed by atoms with Crippen LogP contribution in [0, 0.1) is 0 Å². The van der Waals surface area contributed by atoms with E-state index in [9.17, 15) is 23.7 Å². The summed E-state index contributed by atoms with van der Waals surface area (Å²) >= 11 is 0. The predicted octanol–water partition coefficient (Wildman–Crippen LogP) is -0.352. The van der Waals surface area contributed by atoms with Crippen LogP contribution in [0.25, 0.3) is 0 Å². The van der Waals surface area contributed by atoms with Crippen molar-refractivity contribution in [1.82, 2.24) is 9.55 Å². The molecule has 0 saturated carbocycles. The summed E-state index contributed by atoms with van der Waals surface area (Å²) in [7, 11) is -2.43. The van der Waals surface area contributed by atoms with Crippen LogP contribution in [0.15, 0.2) is 21.9 Å². The SMILES string of the molecule is C[C@]1(F)C(n2ccc(=O)[nH]c2=O)O[C@H](CC[P+](=O)O)[C@H]1O. The van der Waals surface area contributed by atoms with Gasteiger partial charge in [-0.2, -0.15) is 4.89 Å². The smallest absolute Gasteiger partial charge is 0.387 e. The number of aliphatic hydroxyl groups excluding tert-OH is 1. The highest BCUT2D eigenvalue weighted by atomic mass is 31.1. The van der Waals surface area contributed by atoms with Crippen molar-refractivity contribution < 1.29 is 23.7 Å². The van der Waals surface area contributed by atoms with E-state index in [0.29, 0.717) is 0 Å². The van der Waals surface area contributed by atoms with Gasteiger partial charge in [0.2, 0.25) is 0 Å². The first-order valence-corrected chi connectivity index (χ1v) is 7.60. The van der Waals surface area contributed by atoms with Gasteiger partial charge < -0.3 is 9.84 Å². The van der Waals surface area contributed by atoms with Gasteiger partial charge in [0.05, 0.1) is 6.10 Å². The van der Waals surface area contributed by atoms with Gasteiger partial charge in [0.15, 0.2) is 18.1 Å². The van der Waals surface area contributed by atoms with E-state index in [0.717, 1.165) is 23.8 Å². The molecule has 2 rings (SSSR count). The first-order valence-electron chi connectivity index (χ1n) is 6.21. The Morgan fingerprint density at radius 2 is 2.24 bits per heavy atom. The highest BCUT2D eigenvalue weighted by Gasteiger charge is 2.55. The van der Waals surface area contributed by atoms with Crippen LogP contribution in [-0.2, 0) is 9.30 Å². The summed E-state index contributed by atoms with van der Waals surface area (Å²) in [6.45, 7) is 1.07. The molecule has 1 aliphatic rings. The van der Waals surface area contributed by atoms with Crippen LogP contribution in [0.1, 0.15) is 19.6 Å². The Hall–Kier alpha value is -1.41. The lowest BCUT2D eigenvalue weighted by molar-refractivity contribution is -0.0509. The van der Waals surface area contributed by atoms with Gasteiger partial charge in [-0.15, -0.1) is 0 Å². The second-order valence-corrected chi connectivity index (χ2v) is 6.16. The van der Waals surface area contributed by atoms with Crippen LogP contribution in [0.3, 0.4) is 0 Å². The number of aliphatic hydroxyl groups is 1. The molecule has 21 heavy (non-hydrogen) atoms. The summed E-state index contributed by atoms with van der Waals surface area (Å²) in [6.07, 6.45) is -3.11. The predicted molar refractivity (Wildman–Crippen MR) is 70.1 cm³/mol. The lowest BCUT2D eigenvalue weighted by atomic mass is 9.97. The largest absolute Gasteiger partial charge is 0.505 e. The zero-order chi connectivity index (χ0) is 15.8. The fourth-order valence-corrected chi connectivity index (χ4v) is 2.77. The van der Waals surface area contributed by atoms with Gasteiger partial charge >= 0.3 is 13.7 Å². The van der Waals surface area contributed by atoms with E-state index in [-0.39, 0.29) is 12.6 Å². The quantitative estimate of drug-likeness (QED) is 0.652. The summed E-state index contributed by atoms with van der Waals surface area (Å²) < 4.78 is 31.5. The summed E-state index contributed by atoms with van der Waals surface area (Å²) in [5.74, 6) is 0. The van der Waals surface area contributed by atoms with E-state index in [4.69, 9.17) is 9.63 Å². The van der Waals surface area contributed by atoms with Crippen LogP contribution in [0.4, 0.5) is 4.39 Å². The topological polar surface area (TPSA) is 122 Å². The van der Waals surface area contributed by atoms with Crippen molar-refractivity contribution in [2.45, 2.75) is 37.4 Å². The summed E-state index contributed by atoms with van der Waals surface area (Å²) in [6, 6.07) is 1.03. The van der Waals surface area contributed by atoms with E-state index in [2.05, 4.69) is 0 Å². The average molecular weight is 321 g/mol. The maximum atomic E-state index is 14.6. The Bertz CT molecular complexity index is 657. The fraction of sp³-hybridized carbons (Fsp3) is 0.636. The molecule has 116 valence electrons. The van der Waals surface area contributed by atoms with E-state index < -0.39 is 43.4 Å². The molecule has 1 aromatic heterocycles. The van der Waals surface area contributed by atoms with Crippen molar-refractivity contribution in [3.8, 4) is 0 Å². The van der Waals surface area contributed by atoms with Crippen molar-refractivity contribution in [2.75, 3.05) is 6.16 Å². The second-order valence-electron chi connectivity index (χ2n) is 5.00. The van der Waals surface area contributed by atoms with E-state index in [1.54, 1.807) is 0 Å². The Kier molecular flexibility index (Phi) is 4.38. The number of aromatic nitrogens is 2. The van der Waals surface area contributed by atoms with Crippen molar-refractivity contribution in [1.29, 1.82) is 0 Å². The van der Waals surface area contributed by atoms with Gasteiger partial charge in [0, 0.05) is 18.7 Å². The van der Waals surface area contributed by atoms with Crippen LogP contribution in [0.5, 0.6) is 0 Å². The lowest BCUT2D eigenvalue weighted by Gasteiger charge is -2.24. The molecular formula is C11H15FN2O6P+. The third kappa shape index (κ3) is 3.11. The van der Waals surface area contributed by atoms with Crippen molar-refractivity contribution in [2.24, 2.45) is 0 Å². The lowest BCUT2D eigenvalue weighted by Crippen LogP contribution is -2.43. The first kappa shape index (κ1) is 16.0. The maximum absolute atomic E-state index is 14.6. The monoisotopic (exact) mass is 321 g/mol. The van der Waals surface area contributed by atoms with Gasteiger partial charge in [-0.05, 0) is 11.5 Å². The summed E-state index contributed by atoms with van der Waals surface area (Å²) in [5.41, 5.74) is -3.78. The van der Waals surface area contributed by atoms with Gasteiger partial charge in [-0.3, -0.25) is 14.3 Å². The minimum absolute atomic E-state index is 0.0268. The summed E-state index contributed by atoms with van der Waals surface area (Å²) in [5, 5.41) is 9.94. The number of rotatable bonds is 4. The highest BCUT2D eigenvalue weighted by Crippen LogP contribution is 2.42. The number of halogens is 1. The number of alkyl halides is 1. The number of H-pyrrole nitrogens is 1. The molecule has 5 atom stereocenters. The molecule has 0 spiro atoms. The Balaban J connectivity index is 2.29. The van der Waals surface area contributed by atoms with Gasteiger partial charge in [-0.1, -0.05) is 0 Å². The third-order valence-electron chi connectivity index (χ3n) is 3.43. The van der Waals surface area contributed by atoms with Gasteiger partial charge in [-0.25, -0.2) is 9.18 Å². The van der Waals surface area contributed by atoms with Crippen molar-refractivity contribution in [3.05, 3.63) is 33.1 Å². The number of hydrogen-bond acceptors (Lipinski definition) is 5. The molecule has 1 saturated heterocycles. The van der Waals surface area contributed by atoms with Crippen molar-refractivity contribution in [3.63, 3.8) is 0 Å². The zero-order valence-electron chi connectivity index (χ0n) is 11.1. The Morgan fingerprint density at radius 1 is 1.57 bits per heavy atom. The molecule has 0 aromatic carbocycles. The molecule has 0 bridgehead atoms. The summed E-state index contributed by atoms with van der Waals surface area (Å²) in [4.78, 5) is 33.4. The van der Waals surface area contributed by atoms with E-state index >= 15 is 0 Å². The molecule has 3 N–H and O–H groups in total. The fourth-order valence-electron chi connectivity index (χ4n) is 2.30. The molecule has 1 aromatic rings. The molecule has 10 heteroatoms. The molecule has 2 unspecified atom stereocenters. The van der Waals surface area contributed by atoms with Crippen molar-refractivity contribution >= 4 is 8.03 Å². The standard InChI is InChI=1S/C11H14FN2O6P/c1-11(12)8(16)6(3-5-21(18)19)20-9(11)14-4-2-7(15)13-10(14)17/h2,4,6,8-9,16H,3,5H2,1H3,(H-,13,15,17,18,19)/p+1/t6-,8-,9?,11-/m1/s1. The van der Waals surface area contributed by atoms with Crippen LogP contribution >= 0.6 is 8.03 Å². The molecule has 0 aliphatic carbocycles. The molecule has 0 amide bonds. The normalized spacial score (nSPS) is 33.1. The average Bonchev–Trinajstić information content (AvgIpc) is 2.60. The maximum Gasteiger partial charge on any atom is 0.505 e. The minimum atomic E-state index is -2.43. The number of nitrogens with one attached hydrogen (secondary N) is 1. The Morgan fingerprint density at radius 3 is 2.81 bits per heavy atom. The van der Waals surface area contributed by atoms with Gasteiger partial charge in [0.25, 0.3) is 5.56 Å². The van der Waals surface area contributed by atoms with Crippen LogP contribution in [0.2, 0.25) is 0 Å². The number of ether oxygens (including phenoxy) is 1. The number of aromatic amines is 1. The Labute approximate surface area is 119 Å². The van der Waals surface area contributed by atoms with Crippen LogP contribution < -0.4 is 11.2 Å². The number of hydrogen-bond donors (Lipinski definition) is 3. The second kappa shape index (κ2) is 5.76.